The lowest BCUT2D eigenvalue weighted by Gasteiger charge is -2.22. The molecular weight excluding hydrogens is 406 g/mol. The summed E-state index contributed by atoms with van der Waals surface area (Å²) < 4.78 is 29.6. The minimum Gasteiger partial charge on any atom is -0.496 e. The first-order valence-electron chi connectivity index (χ1n) is 9.34. The van der Waals surface area contributed by atoms with Crippen LogP contribution in [0.5, 0.6) is 5.75 Å². The Kier molecular flexibility index (Phi) is 5.81. The van der Waals surface area contributed by atoms with Crippen LogP contribution < -0.4 is 10.1 Å². The van der Waals surface area contributed by atoms with Crippen molar-refractivity contribution in [1.29, 1.82) is 0 Å². The van der Waals surface area contributed by atoms with Crippen molar-refractivity contribution >= 4 is 33.0 Å². The van der Waals surface area contributed by atoms with Gasteiger partial charge in [-0.25, -0.2) is 8.42 Å². The second kappa shape index (κ2) is 8.02. The molecule has 0 bridgehead atoms. The van der Waals surface area contributed by atoms with Crippen LogP contribution in [0.15, 0.2) is 36.4 Å². The number of methoxy groups -OCH3 is 1. The number of fused-ring (bicyclic) bond motifs is 1. The molecular formula is C22H23NO6S. The van der Waals surface area contributed by atoms with Crippen LogP contribution in [-0.2, 0) is 14.6 Å². The molecule has 8 heteroatoms. The number of nitrogens with one attached hydrogen (secondary N) is 1. The van der Waals surface area contributed by atoms with Crippen LogP contribution in [0.4, 0.5) is 5.69 Å². The van der Waals surface area contributed by atoms with Gasteiger partial charge in [-0.2, -0.15) is 0 Å². The van der Waals surface area contributed by atoms with Crippen LogP contribution in [0.1, 0.15) is 44.7 Å². The van der Waals surface area contributed by atoms with Gasteiger partial charge in [-0.15, -0.1) is 0 Å². The smallest absolute Gasteiger partial charge is 0.221 e. The Morgan fingerprint density at radius 3 is 2.43 bits per heavy atom. The number of amides is 1. The van der Waals surface area contributed by atoms with E-state index in [1.807, 2.05) is 6.92 Å². The molecule has 0 saturated heterocycles. The predicted molar refractivity (Wildman–Crippen MR) is 113 cm³/mol. The van der Waals surface area contributed by atoms with Crippen molar-refractivity contribution in [2.45, 2.75) is 19.8 Å². The Balaban J connectivity index is 2.12. The summed E-state index contributed by atoms with van der Waals surface area (Å²) in [6.45, 7) is 3.12. The van der Waals surface area contributed by atoms with E-state index in [0.29, 0.717) is 11.3 Å². The first kappa shape index (κ1) is 21.7. The summed E-state index contributed by atoms with van der Waals surface area (Å²) >= 11 is 0. The van der Waals surface area contributed by atoms with E-state index in [0.717, 1.165) is 11.8 Å². The van der Waals surface area contributed by atoms with E-state index in [9.17, 15) is 22.8 Å². The minimum atomic E-state index is -3.51. The number of benzene rings is 2. The summed E-state index contributed by atoms with van der Waals surface area (Å²) in [5, 5.41) is 2.58. The first-order valence-corrected chi connectivity index (χ1v) is 11.4. The van der Waals surface area contributed by atoms with Gasteiger partial charge in [0.15, 0.2) is 11.6 Å². The number of ether oxygens (including phenoxy) is 1. The Morgan fingerprint density at radius 2 is 1.87 bits per heavy atom. The third kappa shape index (κ3) is 4.14. The number of hydrogen-bond acceptors (Lipinski definition) is 6. The number of rotatable bonds is 6. The normalized spacial score (nSPS) is 16.9. The maximum atomic E-state index is 13.3. The monoisotopic (exact) mass is 429 g/mol. The molecule has 1 aliphatic carbocycles. The number of ketones is 2. The number of carbonyl (C=O) groups is 3. The fraction of sp³-hybridized carbons (Fsp3) is 0.318. The zero-order chi connectivity index (χ0) is 22.2. The molecule has 0 aliphatic heterocycles. The van der Waals surface area contributed by atoms with Gasteiger partial charge in [0.05, 0.1) is 30.0 Å². The average Bonchev–Trinajstić information content (AvgIpc) is 2.90. The van der Waals surface area contributed by atoms with E-state index >= 15 is 0 Å². The molecule has 2 atom stereocenters. The third-order valence-corrected chi connectivity index (χ3v) is 6.15. The van der Waals surface area contributed by atoms with Gasteiger partial charge in [-0.1, -0.05) is 24.3 Å². The topological polar surface area (TPSA) is 107 Å². The van der Waals surface area contributed by atoms with Crippen LogP contribution in [0.25, 0.3) is 0 Å². The summed E-state index contributed by atoms with van der Waals surface area (Å²) in [5.74, 6) is -3.07. The largest absolute Gasteiger partial charge is 0.496 e. The molecule has 0 aromatic heterocycles. The molecule has 7 nitrogen and oxygen atoms in total. The molecule has 0 fully saturated rings. The SMILES string of the molecule is COc1ccc([C@@H](CS(C)(=O)=O)C2C(=O)c3cccc(NC(C)=O)c3C2=O)cc1C. The number of Topliss-reactive ketones (excluding diaryl/α,β-unsaturated/α-hetero) is 2. The summed E-state index contributed by atoms with van der Waals surface area (Å²) in [7, 11) is -1.98. The maximum absolute atomic E-state index is 13.3. The van der Waals surface area contributed by atoms with Crippen molar-refractivity contribution in [2.24, 2.45) is 5.92 Å². The Morgan fingerprint density at radius 1 is 1.17 bits per heavy atom. The highest BCUT2D eigenvalue weighted by molar-refractivity contribution is 7.90. The van der Waals surface area contributed by atoms with E-state index < -0.39 is 33.2 Å². The van der Waals surface area contributed by atoms with Gasteiger partial charge < -0.3 is 10.1 Å². The van der Waals surface area contributed by atoms with Crippen LogP contribution in [-0.4, -0.2) is 45.0 Å². The Hall–Kier alpha value is -3.00. The third-order valence-electron chi connectivity index (χ3n) is 5.18. The molecule has 0 saturated carbocycles. The number of aryl methyl sites for hydroxylation is 1. The van der Waals surface area contributed by atoms with Gasteiger partial charge in [-0.05, 0) is 30.2 Å². The van der Waals surface area contributed by atoms with Gasteiger partial charge in [0.25, 0.3) is 0 Å². The molecule has 1 aliphatic rings. The summed E-state index contributed by atoms with van der Waals surface area (Å²) in [6, 6.07) is 9.78. The molecule has 3 rings (SSSR count). The van der Waals surface area contributed by atoms with E-state index in [2.05, 4.69) is 5.32 Å². The van der Waals surface area contributed by atoms with Gasteiger partial charge >= 0.3 is 0 Å². The quantitative estimate of drug-likeness (QED) is 0.708. The first-order chi connectivity index (χ1) is 14.0. The lowest BCUT2D eigenvalue weighted by atomic mass is 9.83. The molecule has 1 N–H and O–H groups in total. The fourth-order valence-electron chi connectivity index (χ4n) is 3.97. The lowest BCUT2D eigenvalue weighted by Crippen LogP contribution is -2.29. The highest BCUT2D eigenvalue weighted by Crippen LogP contribution is 2.41. The summed E-state index contributed by atoms with van der Waals surface area (Å²) in [4.78, 5) is 38.1. The van der Waals surface area contributed by atoms with Gasteiger partial charge in [0.2, 0.25) is 5.91 Å². The van der Waals surface area contributed by atoms with Crippen molar-refractivity contribution in [2.75, 3.05) is 24.4 Å². The second-order valence-corrected chi connectivity index (χ2v) is 9.73. The van der Waals surface area contributed by atoms with Crippen molar-refractivity contribution in [1.82, 2.24) is 0 Å². The highest BCUT2D eigenvalue weighted by atomic mass is 32.2. The molecule has 158 valence electrons. The van der Waals surface area contributed by atoms with E-state index in [4.69, 9.17) is 4.74 Å². The highest BCUT2D eigenvalue weighted by Gasteiger charge is 2.46. The van der Waals surface area contributed by atoms with Gasteiger partial charge in [-0.3, -0.25) is 14.4 Å². The molecule has 1 unspecified atom stereocenters. The Bertz CT molecular complexity index is 1150. The number of carbonyl (C=O) groups excluding carboxylic acids is 3. The van der Waals surface area contributed by atoms with Crippen molar-refractivity contribution < 1.29 is 27.5 Å². The second-order valence-electron chi connectivity index (χ2n) is 7.54. The molecule has 1 amide bonds. The van der Waals surface area contributed by atoms with Crippen molar-refractivity contribution in [3.8, 4) is 5.75 Å². The lowest BCUT2D eigenvalue weighted by molar-refractivity contribution is -0.114. The summed E-state index contributed by atoms with van der Waals surface area (Å²) in [6.07, 6.45) is 1.08. The van der Waals surface area contributed by atoms with E-state index in [-0.39, 0.29) is 28.5 Å². The molecule has 0 heterocycles. The van der Waals surface area contributed by atoms with Crippen LogP contribution in [0, 0.1) is 12.8 Å². The molecule has 0 radical (unpaired) electrons. The number of sulfone groups is 1. The molecule has 2 aromatic rings. The number of hydrogen-bond donors (Lipinski definition) is 1. The Labute approximate surface area is 175 Å². The standard InChI is InChI=1S/C22H23NO6S/c1-12-10-14(8-9-18(12)29-3)16(11-30(4,27)28)20-21(25)15-6-5-7-17(23-13(2)24)19(15)22(20)26/h5-10,16,20H,11H2,1-4H3,(H,23,24)/t16-,20?/m1/s1. The van der Waals surface area contributed by atoms with Gasteiger partial charge in [0.1, 0.15) is 15.6 Å². The van der Waals surface area contributed by atoms with E-state index in [1.165, 1.54) is 20.1 Å². The van der Waals surface area contributed by atoms with E-state index in [1.54, 1.807) is 30.3 Å². The maximum Gasteiger partial charge on any atom is 0.221 e. The number of anilines is 1. The average molecular weight is 429 g/mol. The van der Waals surface area contributed by atoms with Crippen LogP contribution in [0.3, 0.4) is 0 Å². The molecule has 2 aromatic carbocycles. The van der Waals surface area contributed by atoms with Crippen LogP contribution in [0.2, 0.25) is 0 Å². The van der Waals surface area contributed by atoms with Gasteiger partial charge in [0, 0.05) is 24.7 Å². The predicted octanol–water partition coefficient (Wildman–Crippen LogP) is 2.79. The van der Waals surface area contributed by atoms with Crippen molar-refractivity contribution in [3.05, 3.63) is 58.7 Å². The van der Waals surface area contributed by atoms with Crippen molar-refractivity contribution in [3.63, 3.8) is 0 Å². The zero-order valence-corrected chi connectivity index (χ0v) is 18.0. The molecule has 30 heavy (non-hydrogen) atoms. The summed E-state index contributed by atoms with van der Waals surface area (Å²) in [5.41, 5.74) is 1.92. The van der Waals surface area contributed by atoms with Crippen LogP contribution >= 0.6 is 0 Å². The zero-order valence-electron chi connectivity index (χ0n) is 17.2. The minimum absolute atomic E-state index is 0.131. The fourth-order valence-corrected chi connectivity index (χ4v) is 5.01. The molecule has 0 spiro atoms.